The number of halogens is 3. The van der Waals surface area contributed by atoms with Crippen molar-refractivity contribution in [1.29, 1.82) is 0 Å². The molecule has 2 aromatic carbocycles. The lowest BCUT2D eigenvalue weighted by molar-refractivity contribution is 0.0949. The molecule has 1 aromatic heterocycles. The second kappa shape index (κ2) is 8.31. The molecule has 0 radical (unpaired) electrons. The molecule has 0 aliphatic rings. The van der Waals surface area contributed by atoms with E-state index in [1.165, 1.54) is 0 Å². The van der Waals surface area contributed by atoms with Crippen LogP contribution in [0.15, 0.2) is 42.5 Å². The number of nitrogens with two attached hydrogens (primary N) is 1. The van der Waals surface area contributed by atoms with E-state index in [-0.39, 0.29) is 5.91 Å². The van der Waals surface area contributed by atoms with Crippen LogP contribution in [-0.2, 0) is 0 Å². The molecule has 0 unspecified atom stereocenters. The van der Waals surface area contributed by atoms with Crippen LogP contribution in [0.2, 0.25) is 15.1 Å². The first-order valence-electron chi connectivity index (χ1n) is 8.21. The van der Waals surface area contributed by atoms with Crippen molar-refractivity contribution in [2.24, 2.45) is 5.73 Å². The molecule has 140 valence electrons. The van der Waals surface area contributed by atoms with Crippen molar-refractivity contribution in [2.45, 2.75) is 6.92 Å². The summed E-state index contributed by atoms with van der Waals surface area (Å²) in [4.78, 5) is 12.5. The number of nitrogens with one attached hydrogen (secondary N) is 1. The van der Waals surface area contributed by atoms with Crippen LogP contribution in [0.5, 0.6) is 0 Å². The minimum atomic E-state index is -0.294. The van der Waals surface area contributed by atoms with E-state index in [0.717, 1.165) is 16.8 Å². The number of nitrogens with zero attached hydrogens (tertiary/aromatic N) is 2. The zero-order chi connectivity index (χ0) is 19.6. The molecule has 0 atom stereocenters. The van der Waals surface area contributed by atoms with Gasteiger partial charge in [0.2, 0.25) is 0 Å². The highest BCUT2D eigenvalue weighted by Gasteiger charge is 2.23. The van der Waals surface area contributed by atoms with Gasteiger partial charge in [0.15, 0.2) is 5.69 Å². The Labute approximate surface area is 172 Å². The van der Waals surface area contributed by atoms with Gasteiger partial charge in [0.25, 0.3) is 5.91 Å². The van der Waals surface area contributed by atoms with Gasteiger partial charge in [-0.2, -0.15) is 5.10 Å². The molecule has 0 spiro atoms. The van der Waals surface area contributed by atoms with Gasteiger partial charge < -0.3 is 11.1 Å². The van der Waals surface area contributed by atoms with Crippen LogP contribution in [0.1, 0.15) is 16.1 Å². The highest BCUT2D eigenvalue weighted by atomic mass is 35.5. The molecule has 0 saturated heterocycles. The van der Waals surface area contributed by atoms with Crippen LogP contribution in [-0.4, -0.2) is 28.8 Å². The van der Waals surface area contributed by atoms with Crippen LogP contribution < -0.4 is 11.1 Å². The topological polar surface area (TPSA) is 72.9 Å². The molecule has 5 nitrogen and oxygen atoms in total. The number of aromatic nitrogens is 2. The third-order valence-electron chi connectivity index (χ3n) is 4.02. The smallest absolute Gasteiger partial charge is 0.272 e. The van der Waals surface area contributed by atoms with Crippen LogP contribution >= 0.6 is 34.8 Å². The number of amides is 1. The average Bonchev–Trinajstić information content (AvgIpc) is 2.97. The van der Waals surface area contributed by atoms with Crippen molar-refractivity contribution in [2.75, 3.05) is 13.1 Å². The van der Waals surface area contributed by atoms with E-state index in [0.29, 0.717) is 39.5 Å². The van der Waals surface area contributed by atoms with Crippen molar-refractivity contribution >= 4 is 40.7 Å². The Bertz CT molecular complexity index is 983. The molecular formula is C19H17Cl3N4O. The van der Waals surface area contributed by atoms with E-state index in [4.69, 9.17) is 40.5 Å². The summed E-state index contributed by atoms with van der Waals surface area (Å²) in [6, 6.07) is 12.4. The fraction of sp³-hybridized carbons (Fsp3) is 0.158. The van der Waals surface area contributed by atoms with E-state index in [9.17, 15) is 4.79 Å². The van der Waals surface area contributed by atoms with Gasteiger partial charge in [-0.05, 0) is 37.3 Å². The van der Waals surface area contributed by atoms with Crippen molar-refractivity contribution in [3.8, 4) is 16.9 Å². The predicted molar refractivity (Wildman–Crippen MR) is 110 cm³/mol. The number of rotatable bonds is 5. The highest BCUT2D eigenvalue weighted by molar-refractivity contribution is 6.35. The molecule has 3 rings (SSSR count). The maximum Gasteiger partial charge on any atom is 0.272 e. The van der Waals surface area contributed by atoms with E-state index >= 15 is 0 Å². The first-order valence-corrected chi connectivity index (χ1v) is 9.35. The predicted octanol–water partition coefficient (Wildman–Crippen LogP) is 4.50. The molecule has 3 aromatic rings. The minimum absolute atomic E-state index is 0.294. The van der Waals surface area contributed by atoms with Crippen molar-refractivity contribution in [3.63, 3.8) is 0 Å². The largest absolute Gasteiger partial charge is 0.349 e. The first kappa shape index (κ1) is 19.7. The standard InChI is InChI=1S/C19H17Cl3N4O/c1-11-17(19(27)24-9-8-23)25-26(16-7-6-14(21)10-15(16)22)18(11)12-2-4-13(20)5-3-12/h2-7,10H,8-9,23H2,1H3,(H,24,27). The van der Waals surface area contributed by atoms with Gasteiger partial charge in [-0.3, -0.25) is 4.79 Å². The summed E-state index contributed by atoms with van der Waals surface area (Å²) in [6.45, 7) is 2.55. The average molecular weight is 424 g/mol. The van der Waals surface area contributed by atoms with Crippen LogP contribution in [0.25, 0.3) is 16.9 Å². The van der Waals surface area contributed by atoms with Gasteiger partial charge in [0.1, 0.15) is 0 Å². The number of carbonyl (C=O) groups excluding carboxylic acids is 1. The molecule has 1 amide bonds. The quantitative estimate of drug-likeness (QED) is 0.635. The lowest BCUT2D eigenvalue weighted by Gasteiger charge is -2.11. The normalized spacial score (nSPS) is 10.9. The lowest BCUT2D eigenvalue weighted by atomic mass is 10.1. The van der Waals surface area contributed by atoms with Gasteiger partial charge in [-0.25, -0.2) is 4.68 Å². The van der Waals surface area contributed by atoms with Gasteiger partial charge in [0, 0.05) is 34.3 Å². The summed E-state index contributed by atoms with van der Waals surface area (Å²) in [5, 5.41) is 8.84. The monoisotopic (exact) mass is 422 g/mol. The Kier molecular flexibility index (Phi) is 6.07. The fourth-order valence-corrected chi connectivity index (χ4v) is 3.37. The number of hydrogen-bond donors (Lipinski definition) is 2. The third kappa shape index (κ3) is 4.12. The Morgan fingerprint density at radius 3 is 2.41 bits per heavy atom. The molecular weight excluding hydrogens is 407 g/mol. The molecule has 27 heavy (non-hydrogen) atoms. The maximum absolute atomic E-state index is 12.5. The van der Waals surface area contributed by atoms with E-state index in [1.807, 2.05) is 19.1 Å². The summed E-state index contributed by atoms with van der Waals surface area (Å²) < 4.78 is 1.65. The third-order valence-corrected chi connectivity index (χ3v) is 4.81. The molecule has 0 aliphatic heterocycles. The van der Waals surface area contributed by atoms with Gasteiger partial charge in [-0.15, -0.1) is 0 Å². The maximum atomic E-state index is 12.5. The molecule has 0 fully saturated rings. The van der Waals surface area contributed by atoms with Crippen molar-refractivity contribution in [3.05, 3.63) is 68.8 Å². The minimum Gasteiger partial charge on any atom is -0.349 e. The highest BCUT2D eigenvalue weighted by Crippen LogP contribution is 2.33. The second-order valence-corrected chi connectivity index (χ2v) is 7.16. The Hall–Kier alpha value is -2.05. The molecule has 1 heterocycles. The molecule has 0 saturated carbocycles. The zero-order valence-corrected chi connectivity index (χ0v) is 16.7. The van der Waals surface area contributed by atoms with E-state index in [1.54, 1.807) is 35.0 Å². The molecule has 0 aliphatic carbocycles. The summed E-state index contributed by atoms with van der Waals surface area (Å²) in [7, 11) is 0. The summed E-state index contributed by atoms with van der Waals surface area (Å²) in [5.74, 6) is -0.294. The van der Waals surface area contributed by atoms with E-state index in [2.05, 4.69) is 10.4 Å². The van der Waals surface area contributed by atoms with Crippen molar-refractivity contribution in [1.82, 2.24) is 15.1 Å². The molecule has 8 heteroatoms. The van der Waals surface area contributed by atoms with Gasteiger partial charge in [-0.1, -0.05) is 46.9 Å². The summed E-state index contributed by atoms with van der Waals surface area (Å²) >= 11 is 18.4. The Morgan fingerprint density at radius 1 is 1.11 bits per heavy atom. The zero-order valence-electron chi connectivity index (χ0n) is 14.5. The summed E-state index contributed by atoms with van der Waals surface area (Å²) in [5.41, 5.74) is 8.72. The fourth-order valence-electron chi connectivity index (χ4n) is 2.76. The number of hydrogen-bond acceptors (Lipinski definition) is 3. The van der Waals surface area contributed by atoms with Crippen molar-refractivity contribution < 1.29 is 4.79 Å². The Balaban J connectivity index is 2.21. The van der Waals surface area contributed by atoms with Gasteiger partial charge in [0.05, 0.1) is 16.4 Å². The molecule has 3 N–H and O–H groups in total. The second-order valence-electron chi connectivity index (χ2n) is 5.88. The van der Waals surface area contributed by atoms with Crippen LogP contribution in [0, 0.1) is 6.92 Å². The number of benzene rings is 2. The summed E-state index contributed by atoms with van der Waals surface area (Å²) in [6.07, 6.45) is 0. The van der Waals surface area contributed by atoms with Gasteiger partial charge >= 0.3 is 0 Å². The lowest BCUT2D eigenvalue weighted by Crippen LogP contribution is -2.29. The SMILES string of the molecule is Cc1c(C(=O)NCCN)nn(-c2ccc(Cl)cc2Cl)c1-c1ccc(Cl)cc1. The number of carbonyl (C=O) groups is 1. The van der Waals surface area contributed by atoms with Crippen LogP contribution in [0.4, 0.5) is 0 Å². The van der Waals surface area contributed by atoms with Crippen LogP contribution in [0.3, 0.4) is 0 Å². The van der Waals surface area contributed by atoms with E-state index < -0.39 is 0 Å². The first-order chi connectivity index (χ1) is 12.9. The molecule has 0 bridgehead atoms. The Morgan fingerprint density at radius 2 is 1.78 bits per heavy atom.